The number of aromatic nitrogens is 1. The van der Waals surface area contributed by atoms with Crippen molar-refractivity contribution in [2.45, 2.75) is 6.54 Å². The summed E-state index contributed by atoms with van der Waals surface area (Å²) in [6.07, 6.45) is 1.51. The summed E-state index contributed by atoms with van der Waals surface area (Å²) in [7, 11) is 1.91. The molecule has 4 heteroatoms. The molecule has 0 radical (unpaired) electrons. The smallest absolute Gasteiger partial charge is 0.181 e. The molecule has 3 rings (SSSR count). The molecule has 0 saturated heterocycles. The number of benzene rings is 1. The molecule has 0 aliphatic carbocycles. The lowest BCUT2D eigenvalue weighted by atomic mass is 10.1. The van der Waals surface area contributed by atoms with Gasteiger partial charge in [0.25, 0.3) is 0 Å². The Hall–Kier alpha value is -1.65. The average molecular weight is 244 g/mol. The topological polar surface area (TPSA) is 38.1 Å². The number of nitrogens with one attached hydrogen (secondary N) is 1. The zero-order valence-corrected chi connectivity index (χ0v) is 10.3. The minimum absolute atomic E-state index is 0.718. The standard InChI is InChI=1S/C13H12N2OS/c1-14-6-11-13(16-8-15-11)10-7-17-12-5-3-2-4-9(10)12/h2-5,7-8,14H,6H2,1H3. The molecule has 0 atom stereocenters. The first-order valence-corrected chi connectivity index (χ1v) is 6.31. The van der Waals surface area contributed by atoms with Crippen molar-refractivity contribution in [2.75, 3.05) is 7.05 Å². The molecule has 0 bridgehead atoms. The maximum atomic E-state index is 5.53. The summed E-state index contributed by atoms with van der Waals surface area (Å²) >= 11 is 1.73. The highest BCUT2D eigenvalue weighted by molar-refractivity contribution is 7.17. The summed E-state index contributed by atoms with van der Waals surface area (Å²) in [4.78, 5) is 4.24. The van der Waals surface area contributed by atoms with Crippen LogP contribution in [0.2, 0.25) is 0 Å². The van der Waals surface area contributed by atoms with E-state index in [2.05, 4.69) is 33.9 Å². The van der Waals surface area contributed by atoms with E-state index in [0.717, 1.165) is 23.6 Å². The molecule has 3 nitrogen and oxygen atoms in total. The molecule has 0 aliphatic rings. The molecule has 0 aliphatic heterocycles. The summed E-state index contributed by atoms with van der Waals surface area (Å²) in [5.41, 5.74) is 2.09. The molecule has 0 fully saturated rings. The number of rotatable bonds is 3. The van der Waals surface area contributed by atoms with Gasteiger partial charge in [0.15, 0.2) is 12.2 Å². The molecular weight excluding hydrogens is 232 g/mol. The summed E-state index contributed by atoms with van der Waals surface area (Å²) in [5.74, 6) is 0.872. The summed E-state index contributed by atoms with van der Waals surface area (Å²) < 4.78 is 6.80. The third kappa shape index (κ3) is 1.75. The second kappa shape index (κ2) is 4.31. The highest BCUT2D eigenvalue weighted by Gasteiger charge is 2.14. The predicted octanol–water partition coefficient (Wildman–Crippen LogP) is 3.28. The lowest BCUT2D eigenvalue weighted by molar-refractivity contribution is 0.571. The fourth-order valence-corrected chi connectivity index (χ4v) is 2.88. The molecule has 1 aromatic carbocycles. The minimum atomic E-state index is 0.718. The van der Waals surface area contributed by atoms with Crippen LogP contribution in [0.4, 0.5) is 0 Å². The van der Waals surface area contributed by atoms with Crippen LogP contribution >= 0.6 is 11.3 Å². The second-order valence-electron chi connectivity index (χ2n) is 3.80. The summed E-state index contributed by atoms with van der Waals surface area (Å²) in [5, 5.41) is 6.46. The number of thiophene rings is 1. The number of nitrogens with zero attached hydrogens (tertiary/aromatic N) is 1. The van der Waals surface area contributed by atoms with Crippen LogP contribution in [0.15, 0.2) is 40.5 Å². The Kier molecular flexibility index (Phi) is 2.66. The Morgan fingerprint density at radius 1 is 1.35 bits per heavy atom. The van der Waals surface area contributed by atoms with Crippen LogP contribution < -0.4 is 5.32 Å². The van der Waals surface area contributed by atoms with E-state index in [4.69, 9.17) is 4.42 Å². The first kappa shape index (κ1) is 10.5. The molecule has 0 saturated carbocycles. The molecule has 1 N–H and O–H groups in total. The van der Waals surface area contributed by atoms with Crippen molar-refractivity contribution in [3.05, 3.63) is 41.7 Å². The van der Waals surface area contributed by atoms with Crippen LogP contribution in [0.3, 0.4) is 0 Å². The van der Waals surface area contributed by atoms with Gasteiger partial charge in [0.05, 0.1) is 0 Å². The third-order valence-electron chi connectivity index (χ3n) is 2.71. The number of oxazole rings is 1. The van der Waals surface area contributed by atoms with E-state index in [1.54, 1.807) is 11.3 Å². The van der Waals surface area contributed by atoms with E-state index in [1.807, 2.05) is 13.1 Å². The lowest BCUT2D eigenvalue weighted by Crippen LogP contribution is -2.06. The summed E-state index contributed by atoms with van der Waals surface area (Å²) in [6, 6.07) is 8.34. The normalized spacial score (nSPS) is 11.1. The van der Waals surface area contributed by atoms with E-state index < -0.39 is 0 Å². The SMILES string of the molecule is CNCc1ncoc1-c1csc2ccccc12. The van der Waals surface area contributed by atoms with E-state index >= 15 is 0 Å². The maximum absolute atomic E-state index is 5.53. The van der Waals surface area contributed by atoms with Crippen molar-refractivity contribution in [1.82, 2.24) is 10.3 Å². The third-order valence-corrected chi connectivity index (χ3v) is 3.67. The maximum Gasteiger partial charge on any atom is 0.181 e. The van der Waals surface area contributed by atoms with Crippen molar-refractivity contribution in [1.29, 1.82) is 0 Å². The van der Waals surface area contributed by atoms with Crippen LogP contribution in [0.1, 0.15) is 5.69 Å². The van der Waals surface area contributed by atoms with E-state index in [-0.39, 0.29) is 0 Å². The van der Waals surface area contributed by atoms with Gasteiger partial charge in [-0.15, -0.1) is 11.3 Å². The van der Waals surface area contributed by atoms with Gasteiger partial charge in [0, 0.05) is 27.6 Å². The number of hydrogen-bond donors (Lipinski definition) is 1. The van der Waals surface area contributed by atoms with Crippen molar-refractivity contribution >= 4 is 21.4 Å². The quantitative estimate of drug-likeness (QED) is 0.768. The summed E-state index contributed by atoms with van der Waals surface area (Å²) in [6.45, 7) is 0.718. The Morgan fingerprint density at radius 2 is 2.24 bits per heavy atom. The van der Waals surface area contributed by atoms with E-state index in [0.29, 0.717) is 0 Å². The van der Waals surface area contributed by atoms with Crippen molar-refractivity contribution < 1.29 is 4.42 Å². The number of hydrogen-bond acceptors (Lipinski definition) is 4. The largest absolute Gasteiger partial charge is 0.443 e. The molecular formula is C13H12N2OS. The molecule has 3 aromatic rings. The Bertz CT molecular complexity index is 641. The van der Waals surface area contributed by atoms with E-state index in [9.17, 15) is 0 Å². The second-order valence-corrected chi connectivity index (χ2v) is 4.72. The van der Waals surface area contributed by atoms with Gasteiger partial charge in [-0.25, -0.2) is 4.98 Å². The first-order valence-electron chi connectivity index (χ1n) is 5.43. The van der Waals surface area contributed by atoms with Crippen LogP contribution in [0, 0.1) is 0 Å². The highest BCUT2D eigenvalue weighted by atomic mass is 32.1. The van der Waals surface area contributed by atoms with Gasteiger partial charge in [-0.3, -0.25) is 0 Å². The van der Waals surface area contributed by atoms with Crippen molar-refractivity contribution in [2.24, 2.45) is 0 Å². The lowest BCUT2D eigenvalue weighted by Gasteiger charge is -1.99. The van der Waals surface area contributed by atoms with Gasteiger partial charge < -0.3 is 9.73 Å². The van der Waals surface area contributed by atoms with Gasteiger partial charge in [-0.1, -0.05) is 18.2 Å². The zero-order chi connectivity index (χ0) is 11.7. The molecule has 86 valence electrons. The van der Waals surface area contributed by atoms with Crippen molar-refractivity contribution in [3.8, 4) is 11.3 Å². The fraction of sp³-hybridized carbons (Fsp3) is 0.154. The molecule has 17 heavy (non-hydrogen) atoms. The van der Waals surface area contributed by atoms with Crippen LogP contribution in [0.5, 0.6) is 0 Å². The highest BCUT2D eigenvalue weighted by Crippen LogP contribution is 2.35. The van der Waals surface area contributed by atoms with Gasteiger partial charge in [0.2, 0.25) is 0 Å². The van der Waals surface area contributed by atoms with Gasteiger partial charge in [-0.2, -0.15) is 0 Å². The van der Waals surface area contributed by atoms with Gasteiger partial charge >= 0.3 is 0 Å². The Balaban J connectivity index is 2.17. The minimum Gasteiger partial charge on any atom is -0.443 e. The zero-order valence-electron chi connectivity index (χ0n) is 9.43. The monoisotopic (exact) mass is 244 g/mol. The Labute approximate surface area is 103 Å². The van der Waals surface area contributed by atoms with Crippen LogP contribution in [-0.2, 0) is 6.54 Å². The molecule has 0 amide bonds. The van der Waals surface area contributed by atoms with Crippen LogP contribution in [0.25, 0.3) is 21.4 Å². The fourth-order valence-electron chi connectivity index (χ4n) is 1.94. The van der Waals surface area contributed by atoms with Gasteiger partial charge in [0.1, 0.15) is 5.69 Å². The van der Waals surface area contributed by atoms with Crippen LogP contribution in [-0.4, -0.2) is 12.0 Å². The van der Waals surface area contributed by atoms with Gasteiger partial charge in [-0.05, 0) is 13.1 Å². The first-order chi connectivity index (χ1) is 8.40. The molecule has 2 heterocycles. The average Bonchev–Trinajstić information content (AvgIpc) is 2.95. The van der Waals surface area contributed by atoms with Crippen molar-refractivity contribution in [3.63, 3.8) is 0 Å². The Morgan fingerprint density at radius 3 is 3.12 bits per heavy atom. The van der Waals surface area contributed by atoms with E-state index in [1.165, 1.54) is 16.5 Å². The molecule has 2 aromatic heterocycles. The number of fused-ring (bicyclic) bond motifs is 1. The predicted molar refractivity (Wildman–Crippen MR) is 70.1 cm³/mol. The molecule has 0 spiro atoms. The molecule has 0 unspecified atom stereocenters.